The van der Waals surface area contributed by atoms with Crippen LogP contribution >= 0.6 is 24.0 Å². The monoisotopic (exact) mass is 462 g/mol. The molecule has 0 amide bonds. The zero-order valence-electron chi connectivity index (χ0n) is 16.1. The van der Waals surface area contributed by atoms with E-state index in [1.165, 1.54) is 32.2 Å². The van der Waals surface area contributed by atoms with E-state index in [1.807, 2.05) is 0 Å². The van der Waals surface area contributed by atoms with Crippen LogP contribution in [0.15, 0.2) is 4.99 Å². The van der Waals surface area contributed by atoms with Crippen molar-refractivity contribution < 1.29 is 4.74 Å². The SMILES string of the molecule is CCN=C(NC1CC(C)N(C2CC2)C1)NC1C2CCOC2C1(C)C.I. The molecule has 4 fully saturated rings. The van der Waals surface area contributed by atoms with Gasteiger partial charge in [-0.2, -0.15) is 0 Å². The third kappa shape index (κ3) is 3.68. The molecule has 2 N–H and O–H groups in total. The van der Waals surface area contributed by atoms with Gasteiger partial charge in [0.25, 0.3) is 0 Å². The number of halogens is 1. The van der Waals surface area contributed by atoms with Crippen LogP contribution in [0.3, 0.4) is 0 Å². The van der Waals surface area contributed by atoms with Crippen molar-refractivity contribution >= 4 is 29.9 Å². The lowest BCUT2D eigenvalue weighted by Crippen LogP contribution is -2.68. The van der Waals surface area contributed by atoms with Crippen LogP contribution < -0.4 is 10.6 Å². The molecule has 2 aliphatic carbocycles. The highest BCUT2D eigenvalue weighted by Crippen LogP contribution is 2.52. The fourth-order valence-corrected chi connectivity index (χ4v) is 5.32. The van der Waals surface area contributed by atoms with E-state index >= 15 is 0 Å². The fourth-order valence-electron chi connectivity index (χ4n) is 5.32. The predicted molar refractivity (Wildman–Crippen MR) is 113 cm³/mol. The molecule has 0 aromatic rings. The number of fused-ring (bicyclic) bond motifs is 1. The summed E-state index contributed by atoms with van der Waals surface area (Å²) in [4.78, 5) is 7.42. The molecule has 0 radical (unpaired) electrons. The second kappa shape index (κ2) is 7.50. The van der Waals surface area contributed by atoms with Crippen LogP contribution in [0.25, 0.3) is 0 Å². The molecule has 25 heavy (non-hydrogen) atoms. The summed E-state index contributed by atoms with van der Waals surface area (Å²) in [5.41, 5.74) is 0.195. The molecule has 5 atom stereocenters. The number of aliphatic imine (C=N–C) groups is 1. The molecule has 0 aromatic carbocycles. The summed E-state index contributed by atoms with van der Waals surface area (Å²) in [6.45, 7) is 12.0. The van der Waals surface area contributed by atoms with E-state index in [4.69, 9.17) is 9.73 Å². The number of nitrogens with one attached hydrogen (secondary N) is 2. The molecule has 5 unspecified atom stereocenters. The summed E-state index contributed by atoms with van der Waals surface area (Å²) in [5, 5.41) is 7.49. The summed E-state index contributed by atoms with van der Waals surface area (Å²) in [6.07, 6.45) is 5.62. The Bertz CT molecular complexity index is 508. The van der Waals surface area contributed by atoms with Gasteiger partial charge in [0.2, 0.25) is 0 Å². The van der Waals surface area contributed by atoms with Gasteiger partial charge in [-0.25, -0.2) is 0 Å². The third-order valence-electron chi connectivity index (χ3n) is 6.69. The molecule has 5 nitrogen and oxygen atoms in total. The molecule has 2 aliphatic heterocycles. The zero-order valence-corrected chi connectivity index (χ0v) is 18.5. The average Bonchev–Trinajstić information content (AvgIpc) is 3.15. The van der Waals surface area contributed by atoms with Gasteiger partial charge in [0.1, 0.15) is 0 Å². The predicted octanol–water partition coefficient (Wildman–Crippen LogP) is 2.60. The Hall–Kier alpha value is -0.0800. The Labute approximate surface area is 169 Å². The van der Waals surface area contributed by atoms with Gasteiger partial charge in [0.15, 0.2) is 5.96 Å². The lowest BCUT2D eigenvalue weighted by atomic mass is 9.57. The largest absolute Gasteiger partial charge is 0.377 e. The van der Waals surface area contributed by atoms with Crippen molar-refractivity contribution in [2.45, 2.75) is 83.6 Å². The minimum absolute atomic E-state index is 0. The highest BCUT2D eigenvalue weighted by molar-refractivity contribution is 14.0. The van der Waals surface area contributed by atoms with Gasteiger partial charge in [-0.15, -0.1) is 24.0 Å². The van der Waals surface area contributed by atoms with Crippen molar-refractivity contribution in [1.82, 2.24) is 15.5 Å². The number of ether oxygens (including phenoxy) is 1. The van der Waals surface area contributed by atoms with Crippen molar-refractivity contribution in [2.75, 3.05) is 19.7 Å². The number of hydrogen-bond acceptors (Lipinski definition) is 3. The first-order chi connectivity index (χ1) is 11.5. The normalized spacial score (nSPS) is 40.2. The lowest BCUT2D eigenvalue weighted by molar-refractivity contribution is -0.106. The van der Waals surface area contributed by atoms with Crippen LogP contribution in [0.1, 0.15) is 53.4 Å². The van der Waals surface area contributed by atoms with Gasteiger partial charge in [0, 0.05) is 55.2 Å². The van der Waals surface area contributed by atoms with E-state index < -0.39 is 0 Å². The van der Waals surface area contributed by atoms with Crippen molar-refractivity contribution in [2.24, 2.45) is 16.3 Å². The van der Waals surface area contributed by atoms with E-state index in [-0.39, 0.29) is 29.4 Å². The van der Waals surface area contributed by atoms with Crippen LogP contribution in [0.5, 0.6) is 0 Å². The first-order valence-electron chi connectivity index (χ1n) is 9.95. The second-order valence-corrected chi connectivity index (χ2v) is 8.86. The maximum absolute atomic E-state index is 5.93. The Morgan fingerprint density at radius 2 is 2.00 bits per heavy atom. The number of guanidine groups is 1. The standard InChI is InChI=1S/C19H34N4O.HI/c1-5-20-18(21-13-10-12(2)23(11-13)14-6-7-14)22-16-15-8-9-24-17(15)19(16,3)4;/h12-17H,5-11H2,1-4H3,(H2,20,21,22);1H. The molecule has 2 saturated carbocycles. The molecule has 0 spiro atoms. The number of hydrogen-bond donors (Lipinski definition) is 2. The van der Waals surface area contributed by atoms with Gasteiger partial charge >= 0.3 is 0 Å². The Kier molecular flexibility index (Phi) is 5.91. The lowest BCUT2D eigenvalue weighted by Gasteiger charge is -2.55. The maximum Gasteiger partial charge on any atom is 0.191 e. The summed E-state index contributed by atoms with van der Waals surface area (Å²) in [7, 11) is 0. The summed E-state index contributed by atoms with van der Waals surface area (Å²) < 4.78 is 5.93. The molecular weight excluding hydrogens is 427 g/mol. The zero-order chi connectivity index (χ0) is 16.9. The quantitative estimate of drug-likeness (QED) is 0.383. The van der Waals surface area contributed by atoms with E-state index in [9.17, 15) is 0 Å². The van der Waals surface area contributed by atoms with Gasteiger partial charge in [-0.3, -0.25) is 9.89 Å². The molecule has 0 aromatic heterocycles. The molecule has 0 bridgehead atoms. The van der Waals surface area contributed by atoms with E-state index in [1.54, 1.807) is 0 Å². The van der Waals surface area contributed by atoms with Gasteiger partial charge < -0.3 is 15.4 Å². The van der Waals surface area contributed by atoms with Crippen molar-refractivity contribution in [3.05, 3.63) is 0 Å². The van der Waals surface area contributed by atoms with Crippen molar-refractivity contribution in [3.63, 3.8) is 0 Å². The summed E-state index contributed by atoms with van der Waals surface area (Å²) >= 11 is 0. The summed E-state index contributed by atoms with van der Waals surface area (Å²) in [6, 6.07) is 2.55. The molecule has 2 heterocycles. The molecule has 6 heteroatoms. The Morgan fingerprint density at radius 1 is 1.24 bits per heavy atom. The van der Waals surface area contributed by atoms with Gasteiger partial charge in [0.05, 0.1) is 6.10 Å². The molecular formula is C19H35IN4O. The Morgan fingerprint density at radius 3 is 2.68 bits per heavy atom. The highest BCUT2D eigenvalue weighted by atomic mass is 127. The molecule has 2 saturated heterocycles. The average molecular weight is 462 g/mol. The van der Waals surface area contributed by atoms with Crippen LogP contribution in [-0.2, 0) is 4.74 Å². The van der Waals surface area contributed by atoms with Crippen LogP contribution in [0.4, 0.5) is 0 Å². The van der Waals surface area contributed by atoms with Gasteiger partial charge in [-0.1, -0.05) is 13.8 Å². The van der Waals surface area contributed by atoms with E-state index in [0.29, 0.717) is 30.1 Å². The number of nitrogens with zero attached hydrogens (tertiary/aromatic N) is 2. The van der Waals surface area contributed by atoms with Gasteiger partial charge in [-0.05, 0) is 39.5 Å². The summed E-state index contributed by atoms with van der Waals surface area (Å²) in [5.74, 6) is 1.66. The number of likely N-dealkylation sites (tertiary alicyclic amines) is 1. The molecule has 4 rings (SSSR count). The molecule has 144 valence electrons. The fraction of sp³-hybridized carbons (Fsp3) is 0.947. The second-order valence-electron chi connectivity index (χ2n) is 8.86. The van der Waals surface area contributed by atoms with Crippen LogP contribution in [-0.4, -0.2) is 60.8 Å². The third-order valence-corrected chi connectivity index (χ3v) is 6.69. The minimum Gasteiger partial charge on any atom is -0.377 e. The topological polar surface area (TPSA) is 48.9 Å². The van der Waals surface area contributed by atoms with Crippen LogP contribution in [0, 0.1) is 11.3 Å². The Balaban J connectivity index is 0.00000182. The first-order valence-corrected chi connectivity index (χ1v) is 9.95. The smallest absolute Gasteiger partial charge is 0.191 e. The van der Waals surface area contributed by atoms with E-state index in [2.05, 4.69) is 43.2 Å². The minimum atomic E-state index is 0. The molecule has 4 aliphatic rings. The van der Waals surface area contributed by atoms with Crippen LogP contribution in [0.2, 0.25) is 0 Å². The van der Waals surface area contributed by atoms with Crippen molar-refractivity contribution in [3.8, 4) is 0 Å². The maximum atomic E-state index is 5.93. The highest BCUT2D eigenvalue weighted by Gasteiger charge is 2.59. The van der Waals surface area contributed by atoms with Crippen molar-refractivity contribution in [1.29, 1.82) is 0 Å². The first kappa shape index (κ1) is 19.7. The van der Waals surface area contributed by atoms with E-state index in [0.717, 1.165) is 25.2 Å². The number of rotatable bonds is 4.